The number of aromatic amines is 2. The predicted molar refractivity (Wildman–Crippen MR) is 47.8 cm³/mol. The molecule has 2 heterocycles. The minimum atomic E-state index is 0.680. The van der Waals surface area contributed by atoms with Crippen molar-refractivity contribution in [1.82, 2.24) is 20.4 Å². The zero-order valence-electron chi connectivity index (χ0n) is 6.91. The van der Waals surface area contributed by atoms with Gasteiger partial charge in [-0.05, 0) is 18.1 Å². The van der Waals surface area contributed by atoms with Gasteiger partial charge in [0, 0.05) is 18.1 Å². The molecular formula is C9H8N4. The molecular weight excluding hydrogens is 164 g/mol. The smallest absolute Gasteiger partial charge is 0.107 e. The van der Waals surface area contributed by atoms with Crippen LogP contribution in [0.4, 0.5) is 0 Å². The van der Waals surface area contributed by atoms with E-state index in [9.17, 15) is 0 Å². The maximum absolute atomic E-state index is 3.82. The molecule has 2 aromatic heterocycles. The number of nitrogens with zero attached hydrogens (tertiary/aromatic N) is 2. The molecule has 2 N–H and O–H groups in total. The Kier molecular flexibility index (Phi) is 2.10. The van der Waals surface area contributed by atoms with Crippen LogP contribution in [0.1, 0.15) is 11.4 Å². The Bertz CT molecular complexity index is 402. The third-order valence-electron chi connectivity index (χ3n) is 1.56. The Hall–Kier alpha value is -2.02. The van der Waals surface area contributed by atoms with Crippen molar-refractivity contribution in [2.24, 2.45) is 0 Å². The second-order valence-electron chi connectivity index (χ2n) is 2.53. The number of aromatic nitrogens is 4. The molecule has 0 atom stereocenters. The normalized spacial score (nSPS) is 9.23. The molecule has 0 spiro atoms. The standard InChI is InChI=1S/C9H8N4/c1(2-8-4-6-10-12-8)3-9-5-7-11-13-9/h4-7H,2H2,(H,10,12)(H,11,13). The fraction of sp³-hybridized carbons (Fsp3) is 0.111. The van der Waals surface area contributed by atoms with E-state index in [4.69, 9.17) is 0 Å². The molecule has 0 saturated heterocycles. The summed E-state index contributed by atoms with van der Waals surface area (Å²) < 4.78 is 0. The van der Waals surface area contributed by atoms with Crippen LogP contribution in [0.3, 0.4) is 0 Å². The Morgan fingerprint density at radius 2 is 2.00 bits per heavy atom. The second kappa shape index (κ2) is 3.59. The van der Waals surface area contributed by atoms with Gasteiger partial charge in [-0.1, -0.05) is 5.92 Å². The maximum Gasteiger partial charge on any atom is 0.107 e. The largest absolute Gasteiger partial charge is 0.282 e. The van der Waals surface area contributed by atoms with Crippen LogP contribution in [-0.4, -0.2) is 20.4 Å². The van der Waals surface area contributed by atoms with Gasteiger partial charge in [-0.15, -0.1) is 0 Å². The highest BCUT2D eigenvalue weighted by Crippen LogP contribution is 1.92. The number of rotatable bonds is 1. The van der Waals surface area contributed by atoms with E-state index < -0.39 is 0 Å². The second-order valence-corrected chi connectivity index (χ2v) is 2.53. The lowest BCUT2D eigenvalue weighted by Crippen LogP contribution is -1.81. The number of hydrogen-bond acceptors (Lipinski definition) is 2. The molecule has 0 unspecified atom stereocenters. The average Bonchev–Trinajstić information content (AvgIpc) is 2.75. The summed E-state index contributed by atoms with van der Waals surface area (Å²) in [7, 11) is 0. The molecule has 2 rings (SSSR count). The molecule has 64 valence electrons. The fourth-order valence-electron chi connectivity index (χ4n) is 0.943. The number of hydrogen-bond donors (Lipinski definition) is 2. The maximum atomic E-state index is 3.82. The van der Waals surface area contributed by atoms with Crippen LogP contribution in [0.5, 0.6) is 0 Å². The molecule has 0 fully saturated rings. The van der Waals surface area contributed by atoms with Crippen LogP contribution in [0.25, 0.3) is 0 Å². The van der Waals surface area contributed by atoms with Crippen molar-refractivity contribution < 1.29 is 0 Å². The summed E-state index contributed by atoms with van der Waals surface area (Å²) in [4.78, 5) is 0. The van der Waals surface area contributed by atoms with Crippen LogP contribution in [0, 0.1) is 11.8 Å². The van der Waals surface area contributed by atoms with E-state index in [1.54, 1.807) is 12.4 Å². The molecule has 4 nitrogen and oxygen atoms in total. The van der Waals surface area contributed by atoms with E-state index in [1.165, 1.54) is 0 Å². The van der Waals surface area contributed by atoms with E-state index in [-0.39, 0.29) is 0 Å². The molecule has 0 bridgehead atoms. The SMILES string of the molecule is C(#Cc1ccn[nH]1)Cc1ccn[nH]1. The van der Waals surface area contributed by atoms with Crippen molar-refractivity contribution in [3.8, 4) is 11.8 Å². The van der Waals surface area contributed by atoms with Crippen LogP contribution >= 0.6 is 0 Å². The highest BCUT2D eigenvalue weighted by Gasteiger charge is 1.88. The van der Waals surface area contributed by atoms with Crippen molar-refractivity contribution in [2.75, 3.05) is 0 Å². The van der Waals surface area contributed by atoms with E-state index in [1.807, 2.05) is 12.1 Å². The lowest BCUT2D eigenvalue weighted by Gasteiger charge is -1.82. The molecule has 0 saturated carbocycles. The Balaban J connectivity index is 1.99. The third-order valence-corrected chi connectivity index (χ3v) is 1.56. The van der Waals surface area contributed by atoms with Crippen LogP contribution in [0.15, 0.2) is 24.5 Å². The van der Waals surface area contributed by atoms with Gasteiger partial charge in [-0.3, -0.25) is 10.2 Å². The van der Waals surface area contributed by atoms with Gasteiger partial charge in [0.25, 0.3) is 0 Å². The lowest BCUT2D eigenvalue weighted by molar-refractivity contribution is 1.02. The van der Waals surface area contributed by atoms with Crippen molar-refractivity contribution >= 4 is 0 Å². The summed E-state index contributed by atoms with van der Waals surface area (Å²) in [5.41, 5.74) is 1.85. The summed E-state index contributed by atoms with van der Waals surface area (Å²) in [6, 6.07) is 3.74. The monoisotopic (exact) mass is 172 g/mol. The quantitative estimate of drug-likeness (QED) is 0.623. The minimum Gasteiger partial charge on any atom is -0.282 e. The highest BCUT2D eigenvalue weighted by atomic mass is 15.1. The first-order chi connectivity index (χ1) is 6.45. The molecule has 0 amide bonds. The van der Waals surface area contributed by atoms with Gasteiger partial charge in [-0.2, -0.15) is 10.2 Å². The highest BCUT2D eigenvalue weighted by molar-refractivity contribution is 5.26. The summed E-state index contributed by atoms with van der Waals surface area (Å²) in [6.45, 7) is 0. The van der Waals surface area contributed by atoms with E-state index in [0.717, 1.165) is 11.4 Å². The van der Waals surface area contributed by atoms with Crippen LogP contribution < -0.4 is 0 Å². The van der Waals surface area contributed by atoms with Crippen molar-refractivity contribution in [1.29, 1.82) is 0 Å². The van der Waals surface area contributed by atoms with E-state index >= 15 is 0 Å². The van der Waals surface area contributed by atoms with Crippen molar-refractivity contribution in [3.05, 3.63) is 35.9 Å². The zero-order valence-corrected chi connectivity index (χ0v) is 6.91. The Labute approximate surface area is 75.4 Å². The summed E-state index contributed by atoms with van der Waals surface area (Å²) in [6.07, 6.45) is 4.08. The van der Waals surface area contributed by atoms with Crippen LogP contribution in [-0.2, 0) is 6.42 Å². The third kappa shape index (κ3) is 1.97. The molecule has 13 heavy (non-hydrogen) atoms. The van der Waals surface area contributed by atoms with Gasteiger partial charge in [-0.25, -0.2) is 0 Å². The fourth-order valence-corrected chi connectivity index (χ4v) is 0.943. The first kappa shape index (κ1) is 7.62. The molecule has 2 aromatic rings. The predicted octanol–water partition coefficient (Wildman–Crippen LogP) is 0.727. The van der Waals surface area contributed by atoms with Crippen molar-refractivity contribution in [3.63, 3.8) is 0 Å². The van der Waals surface area contributed by atoms with Gasteiger partial charge >= 0.3 is 0 Å². The van der Waals surface area contributed by atoms with Gasteiger partial charge in [0.05, 0.1) is 6.42 Å². The van der Waals surface area contributed by atoms with Gasteiger partial charge in [0.15, 0.2) is 0 Å². The van der Waals surface area contributed by atoms with Gasteiger partial charge < -0.3 is 0 Å². The summed E-state index contributed by atoms with van der Waals surface area (Å²) in [5, 5.41) is 13.2. The molecule has 0 aromatic carbocycles. The summed E-state index contributed by atoms with van der Waals surface area (Å²) in [5.74, 6) is 5.94. The first-order valence-electron chi connectivity index (χ1n) is 3.91. The van der Waals surface area contributed by atoms with Crippen LogP contribution in [0.2, 0.25) is 0 Å². The molecule has 0 aliphatic rings. The van der Waals surface area contributed by atoms with Crippen molar-refractivity contribution in [2.45, 2.75) is 6.42 Å². The number of nitrogens with one attached hydrogen (secondary N) is 2. The first-order valence-corrected chi connectivity index (χ1v) is 3.91. The topological polar surface area (TPSA) is 57.4 Å². The number of H-pyrrole nitrogens is 2. The Morgan fingerprint density at radius 1 is 1.15 bits per heavy atom. The lowest BCUT2D eigenvalue weighted by atomic mass is 10.3. The van der Waals surface area contributed by atoms with Gasteiger partial charge in [0.1, 0.15) is 5.69 Å². The molecule has 0 aliphatic heterocycles. The zero-order chi connectivity index (χ0) is 8.93. The molecule has 0 radical (unpaired) electrons. The summed E-state index contributed by atoms with van der Waals surface area (Å²) >= 11 is 0. The van der Waals surface area contributed by atoms with E-state index in [2.05, 4.69) is 32.2 Å². The van der Waals surface area contributed by atoms with E-state index in [0.29, 0.717) is 6.42 Å². The average molecular weight is 172 g/mol. The minimum absolute atomic E-state index is 0.680. The molecule has 0 aliphatic carbocycles. The van der Waals surface area contributed by atoms with Gasteiger partial charge in [0.2, 0.25) is 0 Å². The Morgan fingerprint density at radius 3 is 2.69 bits per heavy atom. The molecule has 4 heteroatoms.